The molecule has 3 rings (SSSR count). The number of nitrogens with one attached hydrogen (secondary N) is 1. The second kappa shape index (κ2) is 8.90. The molecule has 0 bridgehead atoms. The summed E-state index contributed by atoms with van der Waals surface area (Å²) < 4.78 is 27.8. The summed E-state index contributed by atoms with van der Waals surface area (Å²) in [6.45, 7) is 0.231. The molecule has 0 radical (unpaired) electrons. The highest BCUT2D eigenvalue weighted by Gasteiger charge is 2.16. The van der Waals surface area contributed by atoms with Crippen molar-refractivity contribution in [3.8, 4) is 5.69 Å². The third-order valence-electron chi connectivity index (χ3n) is 4.12. The molecule has 0 aliphatic heterocycles. The summed E-state index contributed by atoms with van der Waals surface area (Å²) in [5.74, 6) is -1.85. The molecule has 0 aliphatic carbocycles. The van der Waals surface area contributed by atoms with Crippen LogP contribution in [0.4, 0.5) is 14.5 Å². The van der Waals surface area contributed by atoms with Gasteiger partial charge in [0.05, 0.1) is 11.9 Å². The van der Waals surface area contributed by atoms with Crippen LogP contribution in [0, 0.1) is 17.6 Å². The van der Waals surface area contributed by atoms with Crippen LogP contribution >= 0.6 is 11.6 Å². The van der Waals surface area contributed by atoms with Crippen LogP contribution in [-0.2, 0) is 6.42 Å². The van der Waals surface area contributed by atoms with Crippen LogP contribution in [0.5, 0.6) is 0 Å². The van der Waals surface area contributed by atoms with Crippen molar-refractivity contribution in [1.82, 2.24) is 14.8 Å². The van der Waals surface area contributed by atoms with E-state index in [-0.39, 0.29) is 28.9 Å². The van der Waals surface area contributed by atoms with Crippen molar-refractivity contribution in [2.45, 2.75) is 6.42 Å². The number of nitrogens with zero attached hydrogens (tertiary/aromatic N) is 3. The summed E-state index contributed by atoms with van der Waals surface area (Å²) in [4.78, 5) is 16.7. The average molecular weight is 407 g/mol. The lowest BCUT2D eigenvalue weighted by Gasteiger charge is -2.16. The van der Waals surface area contributed by atoms with E-state index in [4.69, 9.17) is 11.6 Å². The summed E-state index contributed by atoms with van der Waals surface area (Å²) >= 11 is 6.11. The third-order valence-corrected chi connectivity index (χ3v) is 4.49. The predicted molar refractivity (Wildman–Crippen MR) is 102 cm³/mol. The van der Waals surface area contributed by atoms with Gasteiger partial charge in [0.2, 0.25) is 0 Å². The highest BCUT2D eigenvalue weighted by atomic mass is 35.5. The van der Waals surface area contributed by atoms with E-state index in [0.717, 1.165) is 22.5 Å². The van der Waals surface area contributed by atoms with Crippen molar-refractivity contribution in [3.63, 3.8) is 0 Å². The molecule has 28 heavy (non-hydrogen) atoms. The number of hydrogen-bond acceptors (Lipinski definition) is 5. The molecule has 1 aromatic carbocycles. The van der Waals surface area contributed by atoms with Gasteiger partial charge in [-0.3, -0.25) is 9.78 Å². The zero-order valence-electron chi connectivity index (χ0n) is 14.6. The van der Waals surface area contributed by atoms with Crippen molar-refractivity contribution in [2.24, 2.45) is 5.92 Å². The maximum atomic E-state index is 13.9. The molecular weight excluding hydrogens is 390 g/mol. The highest BCUT2D eigenvalue weighted by Crippen LogP contribution is 2.19. The zero-order chi connectivity index (χ0) is 20.1. The largest absolute Gasteiger partial charge is 0.396 e. The number of rotatable bonds is 7. The lowest BCUT2D eigenvalue weighted by Crippen LogP contribution is -2.26. The molecular formula is C19H17ClF2N4O2. The number of aliphatic hydroxyl groups excluding tert-OH is 1. The molecule has 0 spiro atoms. The first-order valence-electron chi connectivity index (χ1n) is 8.47. The van der Waals surface area contributed by atoms with Crippen LogP contribution in [0.3, 0.4) is 0 Å². The summed E-state index contributed by atoms with van der Waals surface area (Å²) in [5.41, 5.74) is 0.130. The van der Waals surface area contributed by atoms with E-state index < -0.39 is 17.2 Å². The summed E-state index contributed by atoms with van der Waals surface area (Å²) in [5, 5.41) is 16.3. The molecule has 9 heteroatoms. The number of hydrogen-bond donors (Lipinski definition) is 2. The zero-order valence-corrected chi connectivity index (χ0v) is 15.4. The molecule has 146 valence electrons. The molecule has 0 saturated carbocycles. The summed E-state index contributed by atoms with van der Waals surface area (Å²) in [7, 11) is 0. The fourth-order valence-electron chi connectivity index (χ4n) is 2.65. The average Bonchev–Trinajstić information content (AvgIpc) is 2.69. The Labute approximate surface area is 164 Å². The van der Waals surface area contributed by atoms with E-state index in [9.17, 15) is 18.7 Å². The van der Waals surface area contributed by atoms with Crippen LogP contribution in [0.15, 0.2) is 53.6 Å². The SMILES string of the molecule is O=c1c(Cl)c(NCC(CO)Cc2ccccn2)cnn1-c1ccc(F)cc1F. The van der Waals surface area contributed by atoms with Gasteiger partial charge < -0.3 is 10.4 Å². The molecule has 0 saturated heterocycles. The Morgan fingerprint density at radius 3 is 2.75 bits per heavy atom. The standard InChI is InChI=1S/C19H17ClF2N4O2/c20-18-16(24-9-12(11-27)7-14-3-1-2-6-23-14)10-25-26(19(18)28)17-5-4-13(21)8-15(17)22/h1-6,8,10,12,24,27H,7,9,11H2. The first-order chi connectivity index (χ1) is 13.5. The van der Waals surface area contributed by atoms with E-state index in [1.54, 1.807) is 12.3 Å². The molecule has 6 nitrogen and oxygen atoms in total. The Morgan fingerprint density at radius 2 is 2.07 bits per heavy atom. The molecule has 2 aromatic heterocycles. The van der Waals surface area contributed by atoms with Gasteiger partial charge in [-0.1, -0.05) is 17.7 Å². The minimum absolute atomic E-state index is 0.0908. The second-order valence-electron chi connectivity index (χ2n) is 6.14. The molecule has 0 aliphatic rings. The first kappa shape index (κ1) is 19.9. The lowest BCUT2D eigenvalue weighted by molar-refractivity contribution is 0.232. The third kappa shape index (κ3) is 4.52. The van der Waals surface area contributed by atoms with E-state index in [1.807, 2.05) is 12.1 Å². The van der Waals surface area contributed by atoms with Gasteiger partial charge in [0.15, 0.2) is 5.82 Å². The number of pyridine rings is 1. The highest BCUT2D eigenvalue weighted by molar-refractivity contribution is 6.32. The van der Waals surface area contributed by atoms with Gasteiger partial charge in [0.1, 0.15) is 16.5 Å². The maximum absolute atomic E-state index is 13.9. The fourth-order valence-corrected chi connectivity index (χ4v) is 2.85. The van der Waals surface area contributed by atoms with Crippen LogP contribution in [-0.4, -0.2) is 33.0 Å². The molecule has 2 heterocycles. The van der Waals surface area contributed by atoms with Crippen molar-refractivity contribution < 1.29 is 13.9 Å². The number of halogens is 3. The fraction of sp³-hybridized carbons (Fsp3) is 0.211. The Balaban J connectivity index is 1.76. The van der Waals surface area contributed by atoms with Crippen molar-refractivity contribution in [3.05, 3.63) is 81.5 Å². The van der Waals surface area contributed by atoms with E-state index in [0.29, 0.717) is 19.0 Å². The normalized spacial score (nSPS) is 12.0. The quantitative estimate of drug-likeness (QED) is 0.630. The Bertz CT molecular complexity index is 1010. The predicted octanol–water partition coefficient (Wildman–Crippen LogP) is 2.82. The Morgan fingerprint density at radius 1 is 1.25 bits per heavy atom. The minimum Gasteiger partial charge on any atom is -0.396 e. The van der Waals surface area contributed by atoms with E-state index in [1.165, 1.54) is 6.20 Å². The van der Waals surface area contributed by atoms with Crippen molar-refractivity contribution in [2.75, 3.05) is 18.5 Å². The molecule has 1 unspecified atom stereocenters. The van der Waals surface area contributed by atoms with Crippen LogP contribution in [0.1, 0.15) is 5.69 Å². The second-order valence-corrected chi connectivity index (χ2v) is 6.52. The van der Waals surface area contributed by atoms with Crippen molar-refractivity contribution in [1.29, 1.82) is 0 Å². The van der Waals surface area contributed by atoms with Gasteiger partial charge in [-0.15, -0.1) is 0 Å². The van der Waals surface area contributed by atoms with Gasteiger partial charge in [-0.25, -0.2) is 8.78 Å². The maximum Gasteiger partial charge on any atom is 0.292 e. The van der Waals surface area contributed by atoms with E-state index >= 15 is 0 Å². The van der Waals surface area contributed by atoms with Gasteiger partial charge >= 0.3 is 0 Å². The molecule has 0 amide bonds. The topological polar surface area (TPSA) is 80.0 Å². The van der Waals surface area contributed by atoms with Gasteiger partial charge in [-0.2, -0.15) is 9.78 Å². The van der Waals surface area contributed by atoms with E-state index in [2.05, 4.69) is 15.4 Å². The van der Waals surface area contributed by atoms with Crippen LogP contribution in [0.2, 0.25) is 5.02 Å². The summed E-state index contributed by atoms with van der Waals surface area (Å²) in [6.07, 6.45) is 3.49. The van der Waals surface area contributed by atoms with Gasteiger partial charge in [0.25, 0.3) is 5.56 Å². The molecule has 1 atom stereocenters. The number of aliphatic hydroxyl groups is 1. The molecule has 2 N–H and O–H groups in total. The molecule has 3 aromatic rings. The monoisotopic (exact) mass is 406 g/mol. The minimum atomic E-state index is -0.929. The Kier molecular flexibility index (Phi) is 6.33. The number of benzene rings is 1. The number of aromatic nitrogens is 3. The van der Waals surface area contributed by atoms with Crippen LogP contribution in [0.25, 0.3) is 5.69 Å². The Hall–Kier alpha value is -2.84. The lowest BCUT2D eigenvalue weighted by atomic mass is 10.0. The molecule has 0 fully saturated rings. The van der Waals surface area contributed by atoms with Crippen LogP contribution < -0.4 is 10.9 Å². The van der Waals surface area contributed by atoms with Crippen molar-refractivity contribution >= 4 is 17.3 Å². The van der Waals surface area contributed by atoms with Gasteiger partial charge in [0, 0.05) is 37.0 Å². The summed E-state index contributed by atoms with van der Waals surface area (Å²) in [6, 6.07) is 8.31. The number of anilines is 1. The smallest absolute Gasteiger partial charge is 0.292 e. The first-order valence-corrected chi connectivity index (χ1v) is 8.85. The van der Waals surface area contributed by atoms with Gasteiger partial charge in [-0.05, 0) is 30.7 Å².